The lowest BCUT2D eigenvalue weighted by atomic mass is 9.90. The standard InChI is InChI=1S/C12H16INO2/c1-12(2)7-10(14-15-3)8-5-4-6-9(13)11(8)16-12/h4-6,10,14H,7H2,1-3H3. The van der Waals surface area contributed by atoms with Crippen LogP contribution in [0.4, 0.5) is 0 Å². The Bertz CT molecular complexity index is 393. The first-order valence-corrected chi connectivity index (χ1v) is 6.37. The summed E-state index contributed by atoms with van der Waals surface area (Å²) in [4.78, 5) is 5.06. The minimum atomic E-state index is -0.162. The molecule has 4 heteroatoms. The van der Waals surface area contributed by atoms with E-state index in [1.807, 2.05) is 6.07 Å². The summed E-state index contributed by atoms with van der Waals surface area (Å²) in [6, 6.07) is 6.39. The van der Waals surface area contributed by atoms with Crippen molar-refractivity contribution in [2.45, 2.75) is 31.9 Å². The Hall–Kier alpha value is -0.330. The molecule has 0 aliphatic carbocycles. The van der Waals surface area contributed by atoms with E-state index in [1.165, 1.54) is 5.56 Å². The van der Waals surface area contributed by atoms with Gasteiger partial charge in [-0.1, -0.05) is 12.1 Å². The van der Waals surface area contributed by atoms with Crippen LogP contribution in [0.3, 0.4) is 0 Å². The van der Waals surface area contributed by atoms with Crippen LogP contribution in [0, 0.1) is 3.57 Å². The first-order chi connectivity index (χ1) is 7.53. The van der Waals surface area contributed by atoms with E-state index in [0.717, 1.165) is 15.7 Å². The minimum absolute atomic E-state index is 0.162. The van der Waals surface area contributed by atoms with E-state index in [0.29, 0.717) is 0 Å². The van der Waals surface area contributed by atoms with E-state index in [-0.39, 0.29) is 11.6 Å². The average Bonchev–Trinajstić information content (AvgIpc) is 2.19. The quantitative estimate of drug-likeness (QED) is 0.667. The van der Waals surface area contributed by atoms with Crippen molar-refractivity contribution in [3.05, 3.63) is 27.3 Å². The highest BCUT2D eigenvalue weighted by Crippen LogP contribution is 2.41. The third-order valence-corrected chi connectivity index (χ3v) is 3.56. The van der Waals surface area contributed by atoms with E-state index in [2.05, 4.69) is 54.1 Å². The number of rotatable bonds is 2. The summed E-state index contributed by atoms with van der Waals surface area (Å²) in [6.45, 7) is 4.20. The maximum Gasteiger partial charge on any atom is 0.138 e. The monoisotopic (exact) mass is 333 g/mol. The smallest absolute Gasteiger partial charge is 0.138 e. The topological polar surface area (TPSA) is 30.5 Å². The van der Waals surface area contributed by atoms with Crippen LogP contribution in [-0.4, -0.2) is 12.7 Å². The first-order valence-electron chi connectivity index (χ1n) is 5.29. The molecular weight excluding hydrogens is 317 g/mol. The first kappa shape index (κ1) is 12.1. The molecule has 2 rings (SSSR count). The number of hydrogen-bond acceptors (Lipinski definition) is 3. The predicted octanol–water partition coefficient (Wildman–Crippen LogP) is 3.04. The molecule has 1 heterocycles. The Morgan fingerprint density at radius 3 is 2.94 bits per heavy atom. The molecule has 16 heavy (non-hydrogen) atoms. The number of fused-ring (bicyclic) bond motifs is 1. The zero-order valence-corrected chi connectivity index (χ0v) is 11.9. The van der Waals surface area contributed by atoms with Gasteiger partial charge in [0.25, 0.3) is 0 Å². The van der Waals surface area contributed by atoms with Gasteiger partial charge in [0.1, 0.15) is 11.4 Å². The fourth-order valence-electron chi connectivity index (χ4n) is 2.07. The van der Waals surface area contributed by atoms with E-state index in [4.69, 9.17) is 9.57 Å². The molecular formula is C12H16INO2. The summed E-state index contributed by atoms with van der Waals surface area (Å²) in [5, 5.41) is 0. The highest BCUT2D eigenvalue weighted by Gasteiger charge is 2.34. The van der Waals surface area contributed by atoms with Crippen molar-refractivity contribution in [2.24, 2.45) is 0 Å². The molecule has 0 amide bonds. The van der Waals surface area contributed by atoms with Gasteiger partial charge in [0, 0.05) is 12.0 Å². The van der Waals surface area contributed by atoms with E-state index < -0.39 is 0 Å². The molecule has 0 bridgehead atoms. The molecule has 0 saturated heterocycles. The molecule has 1 unspecified atom stereocenters. The summed E-state index contributed by atoms with van der Waals surface area (Å²) in [6.07, 6.45) is 0.897. The van der Waals surface area contributed by atoms with Crippen molar-refractivity contribution in [2.75, 3.05) is 7.11 Å². The molecule has 0 aromatic heterocycles. The number of hydrogen-bond donors (Lipinski definition) is 1. The molecule has 0 saturated carbocycles. The number of nitrogens with one attached hydrogen (secondary N) is 1. The molecule has 1 aliphatic rings. The van der Waals surface area contributed by atoms with Gasteiger partial charge in [0.2, 0.25) is 0 Å². The van der Waals surface area contributed by atoms with Crippen molar-refractivity contribution >= 4 is 22.6 Å². The fraction of sp³-hybridized carbons (Fsp3) is 0.500. The fourth-order valence-corrected chi connectivity index (χ4v) is 2.70. The zero-order valence-electron chi connectivity index (χ0n) is 9.71. The van der Waals surface area contributed by atoms with Crippen molar-refractivity contribution < 1.29 is 9.57 Å². The van der Waals surface area contributed by atoms with Gasteiger partial charge in [0.15, 0.2) is 0 Å². The molecule has 3 nitrogen and oxygen atoms in total. The van der Waals surface area contributed by atoms with E-state index in [9.17, 15) is 0 Å². The predicted molar refractivity (Wildman–Crippen MR) is 71.4 cm³/mol. The molecule has 0 spiro atoms. The Labute approximate surface area is 110 Å². The molecule has 0 radical (unpaired) electrons. The molecule has 0 fully saturated rings. The van der Waals surface area contributed by atoms with Crippen LogP contribution in [-0.2, 0) is 4.84 Å². The molecule has 1 atom stereocenters. The molecule has 1 aromatic carbocycles. The maximum atomic E-state index is 6.02. The van der Waals surface area contributed by atoms with Crippen LogP contribution in [0.1, 0.15) is 31.9 Å². The second-order valence-electron chi connectivity index (χ2n) is 4.60. The van der Waals surface area contributed by atoms with Crippen LogP contribution in [0.2, 0.25) is 0 Å². The molecule has 1 N–H and O–H groups in total. The van der Waals surface area contributed by atoms with Gasteiger partial charge in [0.05, 0.1) is 16.7 Å². The summed E-state index contributed by atoms with van der Waals surface area (Å²) >= 11 is 2.30. The lowest BCUT2D eigenvalue weighted by Gasteiger charge is -2.37. The third kappa shape index (κ3) is 2.33. The Morgan fingerprint density at radius 1 is 1.50 bits per heavy atom. The van der Waals surface area contributed by atoms with E-state index >= 15 is 0 Å². The van der Waals surface area contributed by atoms with Crippen molar-refractivity contribution in [1.82, 2.24) is 5.48 Å². The minimum Gasteiger partial charge on any atom is -0.486 e. The summed E-state index contributed by atoms with van der Waals surface area (Å²) in [7, 11) is 1.65. The molecule has 1 aliphatic heterocycles. The highest BCUT2D eigenvalue weighted by atomic mass is 127. The Balaban J connectivity index is 2.42. The normalized spacial score (nSPS) is 22.4. The molecule has 88 valence electrons. The lowest BCUT2D eigenvalue weighted by molar-refractivity contribution is 0.00248. The summed E-state index contributed by atoms with van der Waals surface area (Å²) in [5.41, 5.74) is 4.05. The summed E-state index contributed by atoms with van der Waals surface area (Å²) < 4.78 is 7.17. The van der Waals surface area contributed by atoms with Gasteiger partial charge in [-0.3, -0.25) is 0 Å². The number of benzene rings is 1. The van der Waals surface area contributed by atoms with Gasteiger partial charge < -0.3 is 9.57 Å². The number of para-hydroxylation sites is 1. The van der Waals surface area contributed by atoms with Crippen molar-refractivity contribution in [3.8, 4) is 5.75 Å². The van der Waals surface area contributed by atoms with Crippen LogP contribution in [0.5, 0.6) is 5.75 Å². The zero-order chi connectivity index (χ0) is 11.8. The van der Waals surface area contributed by atoms with Crippen LogP contribution < -0.4 is 10.2 Å². The van der Waals surface area contributed by atoms with Gasteiger partial charge in [-0.25, -0.2) is 0 Å². The highest BCUT2D eigenvalue weighted by molar-refractivity contribution is 14.1. The third-order valence-electron chi connectivity index (χ3n) is 2.71. The summed E-state index contributed by atoms with van der Waals surface area (Å²) in [5.74, 6) is 0.980. The van der Waals surface area contributed by atoms with Gasteiger partial charge in [-0.05, 0) is 42.5 Å². The number of halogens is 1. The van der Waals surface area contributed by atoms with Crippen molar-refractivity contribution in [1.29, 1.82) is 0 Å². The largest absolute Gasteiger partial charge is 0.486 e. The van der Waals surface area contributed by atoms with Crippen LogP contribution in [0.15, 0.2) is 18.2 Å². The van der Waals surface area contributed by atoms with Crippen molar-refractivity contribution in [3.63, 3.8) is 0 Å². The Kier molecular flexibility index (Phi) is 3.42. The maximum absolute atomic E-state index is 6.02. The average molecular weight is 333 g/mol. The van der Waals surface area contributed by atoms with Gasteiger partial charge in [-0.2, -0.15) is 5.48 Å². The second-order valence-corrected chi connectivity index (χ2v) is 5.76. The lowest BCUT2D eigenvalue weighted by Crippen LogP contribution is -2.39. The number of hydroxylamine groups is 1. The number of ether oxygens (including phenoxy) is 1. The van der Waals surface area contributed by atoms with Crippen LogP contribution in [0.25, 0.3) is 0 Å². The van der Waals surface area contributed by atoms with Gasteiger partial charge >= 0.3 is 0 Å². The van der Waals surface area contributed by atoms with Gasteiger partial charge in [-0.15, -0.1) is 0 Å². The van der Waals surface area contributed by atoms with E-state index in [1.54, 1.807) is 7.11 Å². The SMILES string of the molecule is CONC1CC(C)(C)Oc2c(I)cccc21. The Morgan fingerprint density at radius 2 is 2.25 bits per heavy atom. The molecule has 1 aromatic rings. The van der Waals surface area contributed by atoms with Crippen LogP contribution >= 0.6 is 22.6 Å². The second kappa shape index (κ2) is 4.50.